The average Bonchev–Trinajstić information content (AvgIpc) is 2.93. The van der Waals surface area contributed by atoms with Gasteiger partial charge in [0.15, 0.2) is 0 Å². The largest absolute Gasteiger partial charge is 0.444 e. The highest BCUT2D eigenvalue weighted by molar-refractivity contribution is 5.98. The molecule has 3 rings (SSSR count). The second kappa shape index (κ2) is 11.5. The molecule has 2 heterocycles. The Bertz CT molecular complexity index is 1260. The first-order chi connectivity index (χ1) is 17.0. The number of carbonyl (C=O) groups excluding carboxylic acids is 3. The van der Waals surface area contributed by atoms with Crippen LogP contribution >= 0.6 is 0 Å². The fourth-order valence-electron chi connectivity index (χ4n) is 4.29. The van der Waals surface area contributed by atoms with E-state index < -0.39 is 17.6 Å². The molecule has 1 N–H and O–H groups in total. The summed E-state index contributed by atoms with van der Waals surface area (Å²) >= 11 is 0. The molecule has 0 bridgehead atoms. The summed E-state index contributed by atoms with van der Waals surface area (Å²) < 4.78 is 8.36. The highest BCUT2D eigenvalue weighted by atomic mass is 16.6. The van der Waals surface area contributed by atoms with Crippen molar-refractivity contribution in [2.75, 3.05) is 13.6 Å². The third-order valence-corrected chi connectivity index (χ3v) is 6.08. The quantitative estimate of drug-likeness (QED) is 0.375. The third kappa shape index (κ3) is 6.56. The molecule has 0 aliphatic carbocycles. The fourth-order valence-corrected chi connectivity index (χ4v) is 4.29. The summed E-state index contributed by atoms with van der Waals surface area (Å²) in [5.41, 5.74) is 1.23. The van der Waals surface area contributed by atoms with Gasteiger partial charge < -0.3 is 9.64 Å². The van der Waals surface area contributed by atoms with Gasteiger partial charge in [-0.15, -0.1) is 0 Å². The number of fused-ring (bicyclic) bond motifs is 1. The summed E-state index contributed by atoms with van der Waals surface area (Å²) in [7, 11) is 3.41. The Labute approximate surface area is 211 Å². The number of nitrogens with zero attached hydrogens (tertiary/aromatic N) is 3. The Balaban J connectivity index is 1.64. The van der Waals surface area contributed by atoms with Crippen molar-refractivity contribution >= 4 is 28.9 Å². The van der Waals surface area contributed by atoms with Crippen molar-refractivity contribution in [2.45, 2.75) is 77.4 Å². The van der Waals surface area contributed by atoms with Crippen LogP contribution in [0.2, 0.25) is 0 Å². The lowest BCUT2D eigenvalue weighted by Gasteiger charge is -2.24. The maximum absolute atomic E-state index is 13.1. The zero-order valence-corrected chi connectivity index (χ0v) is 21.8. The lowest BCUT2D eigenvalue weighted by molar-refractivity contribution is -0.131. The van der Waals surface area contributed by atoms with E-state index in [0.29, 0.717) is 36.8 Å². The van der Waals surface area contributed by atoms with Crippen molar-refractivity contribution in [3.8, 4) is 11.8 Å². The smallest absolute Gasteiger partial charge is 0.410 e. The van der Waals surface area contributed by atoms with Crippen LogP contribution in [0.25, 0.3) is 11.0 Å². The Kier molecular flexibility index (Phi) is 8.62. The Morgan fingerprint density at radius 1 is 1.19 bits per heavy atom. The van der Waals surface area contributed by atoms with Gasteiger partial charge in [0.2, 0.25) is 11.8 Å². The van der Waals surface area contributed by atoms with Crippen LogP contribution in [0.15, 0.2) is 23.0 Å². The monoisotopic (exact) mass is 496 g/mol. The molecule has 0 radical (unpaired) electrons. The van der Waals surface area contributed by atoms with Crippen LogP contribution in [0.3, 0.4) is 0 Å². The molecule has 9 heteroatoms. The fraction of sp³-hybridized carbons (Fsp3) is 0.556. The number of rotatable bonds is 6. The number of amides is 3. The Hall–Kier alpha value is -3.54. The van der Waals surface area contributed by atoms with Gasteiger partial charge in [0.25, 0.3) is 0 Å². The van der Waals surface area contributed by atoms with Crippen LogP contribution in [-0.4, -0.2) is 51.1 Å². The summed E-state index contributed by atoms with van der Waals surface area (Å²) in [6.07, 6.45) is 4.28. The summed E-state index contributed by atoms with van der Waals surface area (Å²) in [5, 5.41) is 2.38. The Morgan fingerprint density at radius 3 is 2.67 bits per heavy atom. The van der Waals surface area contributed by atoms with E-state index in [1.807, 2.05) is 39.0 Å². The number of hydrogen-bond donors (Lipinski definition) is 1. The molecule has 1 aromatic carbocycles. The number of hydrogen-bond acceptors (Lipinski definition) is 5. The maximum Gasteiger partial charge on any atom is 0.410 e. The van der Waals surface area contributed by atoms with Crippen molar-refractivity contribution in [1.82, 2.24) is 19.4 Å². The van der Waals surface area contributed by atoms with Gasteiger partial charge in [-0.3, -0.25) is 24.0 Å². The number of nitrogens with one attached hydrogen (secondary N) is 1. The second-order valence-electron chi connectivity index (χ2n) is 10.2. The first kappa shape index (κ1) is 27.1. The third-order valence-electron chi connectivity index (χ3n) is 6.08. The van der Waals surface area contributed by atoms with E-state index in [1.165, 1.54) is 9.13 Å². The zero-order valence-electron chi connectivity index (χ0n) is 21.8. The molecule has 3 amide bonds. The lowest BCUT2D eigenvalue weighted by atomic mass is 10.1. The molecule has 1 atom stereocenters. The number of aryl methyl sites for hydroxylation is 1. The summed E-state index contributed by atoms with van der Waals surface area (Å²) in [6.45, 7) is 6.17. The van der Waals surface area contributed by atoms with Crippen LogP contribution < -0.4 is 11.0 Å². The number of ether oxygens (including phenoxy) is 1. The molecule has 1 saturated heterocycles. The van der Waals surface area contributed by atoms with E-state index >= 15 is 0 Å². The topological polar surface area (TPSA) is 103 Å². The van der Waals surface area contributed by atoms with Gasteiger partial charge >= 0.3 is 11.8 Å². The molecule has 1 aliphatic rings. The van der Waals surface area contributed by atoms with E-state index in [9.17, 15) is 19.2 Å². The van der Waals surface area contributed by atoms with Crippen LogP contribution in [0.5, 0.6) is 0 Å². The molecule has 194 valence electrons. The van der Waals surface area contributed by atoms with E-state index in [4.69, 9.17) is 4.74 Å². The van der Waals surface area contributed by atoms with E-state index in [1.54, 1.807) is 19.0 Å². The van der Waals surface area contributed by atoms with E-state index in [0.717, 1.165) is 24.8 Å². The zero-order chi connectivity index (χ0) is 26.5. The summed E-state index contributed by atoms with van der Waals surface area (Å²) in [5.74, 6) is 5.63. The highest BCUT2D eigenvalue weighted by Gasteiger charge is 2.29. The SMILES string of the molecule is CN(CCCCCC#Cc1cccc2c1n(C)c(=O)n2C1CCCC(=O)NC1=O)C(=O)OC(C)(C)C. The summed E-state index contributed by atoms with van der Waals surface area (Å²) in [4.78, 5) is 51.0. The van der Waals surface area contributed by atoms with Gasteiger partial charge in [-0.05, 0) is 58.6 Å². The van der Waals surface area contributed by atoms with Crippen molar-refractivity contribution < 1.29 is 19.1 Å². The number of carbonyl (C=O) groups is 3. The predicted octanol–water partition coefficient (Wildman–Crippen LogP) is 3.49. The normalized spacial score (nSPS) is 16.2. The molecule has 1 unspecified atom stereocenters. The first-order valence-corrected chi connectivity index (χ1v) is 12.5. The molecule has 0 saturated carbocycles. The number of imide groups is 1. The summed E-state index contributed by atoms with van der Waals surface area (Å²) in [6, 6.07) is 4.78. The predicted molar refractivity (Wildman–Crippen MR) is 137 cm³/mol. The lowest BCUT2D eigenvalue weighted by Crippen LogP contribution is -2.38. The van der Waals surface area contributed by atoms with Crippen molar-refractivity contribution in [3.05, 3.63) is 34.2 Å². The van der Waals surface area contributed by atoms with Crippen LogP contribution in [-0.2, 0) is 21.4 Å². The van der Waals surface area contributed by atoms with Crippen molar-refractivity contribution in [2.24, 2.45) is 7.05 Å². The Morgan fingerprint density at radius 2 is 1.94 bits per heavy atom. The van der Waals surface area contributed by atoms with Gasteiger partial charge in [0, 0.05) is 33.5 Å². The maximum atomic E-state index is 13.1. The van der Waals surface area contributed by atoms with Crippen LogP contribution in [0.1, 0.15) is 77.3 Å². The van der Waals surface area contributed by atoms with Gasteiger partial charge in [-0.2, -0.15) is 0 Å². The van der Waals surface area contributed by atoms with E-state index in [-0.39, 0.29) is 24.1 Å². The van der Waals surface area contributed by atoms with Gasteiger partial charge in [-0.1, -0.05) is 24.3 Å². The molecule has 2 aromatic rings. The minimum Gasteiger partial charge on any atom is -0.444 e. The van der Waals surface area contributed by atoms with Crippen LogP contribution in [0.4, 0.5) is 4.79 Å². The number of unbranched alkanes of at least 4 members (excludes halogenated alkanes) is 3. The standard InChI is InChI=1S/C27H36N4O5/c1-27(2,3)36-26(35)29(4)18-10-8-6-7-9-13-19-14-11-15-20-23(19)30(5)25(34)31(20)21-16-12-17-22(32)28-24(21)33/h11,14-15,21H,6-8,10,12,16-18H2,1-5H3,(H,28,32,33). The van der Waals surface area contributed by atoms with Crippen molar-refractivity contribution in [1.29, 1.82) is 0 Å². The van der Waals surface area contributed by atoms with Gasteiger partial charge in [-0.25, -0.2) is 9.59 Å². The molecule has 1 fully saturated rings. The first-order valence-electron chi connectivity index (χ1n) is 12.5. The van der Waals surface area contributed by atoms with E-state index in [2.05, 4.69) is 17.2 Å². The van der Waals surface area contributed by atoms with Gasteiger partial charge in [0.1, 0.15) is 11.6 Å². The number of para-hydroxylation sites is 1. The number of imidazole rings is 1. The highest BCUT2D eigenvalue weighted by Crippen LogP contribution is 2.24. The molecule has 0 spiro atoms. The average molecular weight is 497 g/mol. The minimum absolute atomic E-state index is 0.274. The molecule has 36 heavy (non-hydrogen) atoms. The molecule has 9 nitrogen and oxygen atoms in total. The van der Waals surface area contributed by atoms with Gasteiger partial charge in [0.05, 0.1) is 16.6 Å². The number of benzene rings is 1. The van der Waals surface area contributed by atoms with Crippen molar-refractivity contribution in [3.63, 3.8) is 0 Å². The minimum atomic E-state index is -0.727. The molecular formula is C27H36N4O5. The second-order valence-corrected chi connectivity index (χ2v) is 10.2. The molecular weight excluding hydrogens is 460 g/mol. The number of aromatic nitrogens is 2. The van der Waals surface area contributed by atoms with Crippen LogP contribution in [0, 0.1) is 11.8 Å². The molecule has 1 aliphatic heterocycles. The molecule has 1 aromatic heterocycles.